The molecule has 2 unspecified atom stereocenters. The smallest absolute Gasteiger partial charge is 0.0766 e. The number of aromatic nitrogens is 2. The van der Waals surface area contributed by atoms with Crippen molar-refractivity contribution in [1.82, 2.24) is 15.1 Å². The van der Waals surface area contributed by atoms with Crippen molar-refractivity contribution >= 4 is 15.9 Å². The molecule has 0 bridgehead atoms. The summed E-state index contributed by atoms with van der Waals surface area (Å²) in [5.74, 6) is 1.63. The summed E-state index contributed by atoms with van der Waals surface area (Å²) in [6, 6.07) is 0.589. The van der Waals surface area contributed by atoms with E-state index in [9.17, 15) is 0 Å². The SMILES string of the molecule is CCc1nn(CC)c(CC2CCCC2CNC(C)C)c1Br. The Morgan fingerprint density at radius 3 is 2.62 bits per heavy atom. The fraction of sp³-hybridized carbons (Fsp3) is 0.824. The maximum atomic E-state index is 4.74. The summed E-state index contributed by atoms with van der Waals surface area (Å²) in [5, 5.41) is 8.37. The third-order valence-electron chi connectivity index (χ3n) is 4.75. The Bertz CT molecular complexity index is 453. The fourth-order valence-corrected chi connectivity index (χ4v) is 4.23. The molecule has 1 heterocycles. The van der Waals surface area contributed by atoms with Crippen LogP contribution < -0.4 is 5.32 Å². The number of halogens is 1. The van der Waals surface area contributed by atoms with Crippen LogP contribution >= 0.6 is 15.9 Å². The first-order valence-electron chi connectivity index (χ1n) is 8.54. The van der Waals surface area contributed by atoms with E-state index >= 15 is 0 Å². The van der Waals surface area contributed by atoms with Gasteiger partial charge in [-0.3, -0.25) is 4.68 Å². The van der Waals surface area contributed by atoms with Gasteiger partial charge in [-0.2, -0.15) is 5.10 Å². The van der Waals surface area contributed by atoms with Gasteiger partial charge in [0.15, 0.2) is 0 Å². The number of hydrogen-bond acceptors (Lipinski definition) is 2. The molecule has 1 saturated carbocycles. The molecule has 1 aliphatic carbocycles. The lowest BCUT2D eigenvalue weighted by atomic mass is 9.91. The molecule has 1 N–H and O–H groups in total. The minimum Gasteiger partial charge on any atom is -0.314 e. The van der Waals surface area contributed by atoms with E-state index in [2.05, 4.69) is 53.6 Å². The van der Waals surface area contributed by atoms with E-state index < -0.39 is 0 Å². The van der Waals surface area contributed by atoms with E-state index in [1.807, 2.05) is 0 Å². The van der Waals surface area contributed by atoms with Gasteiger partial charge in [-0.15, -0.1) is 0 Å². The van der Waals surface area contributed by atoms with E-state index in [1.165, 1.54) is 48.1 Å². The predicted octanol–water partition coefficient (Wildman–Crippen LogP) is 4.18. The summed E-state index contributed by atoms with van der Waals surface area (Å²) in [6.07, 6.45) is 6.30. The van der Waals surface area contributed by atoms with Gasteiger partial charge in [0.25, 0.3) is 0 Å². The quantitative estimate of drug-likeness (QED) is 0.794. The van der Waals surface area contributed by atoms with Crippen LogP contribution in [0, 0.1) is 11.8 Å². The molecule has 2 rings (SSSR count). The monoisotopic (exact) mass is 355 g/mol. The Morgan fingerprint density at radius 1 is 1.29 bits per heavy atom. The average molecular weight is 356 g/mol. The van der Waals surface area contributed by atoms with Crippen LogP contribution in [0.25, 0.3) is 0 Å². The molecule has 0 aromatic carbocycles. The van der Waals surface area contributed by atoms with E-state index in [-0.39, 0.29) is 0 Å². The summed E-state index contributed by atoms with van der Waals surface area (Å²) < 4.78 is 3.46. The Morgan fingerprint density at radius 2 is 2.00 bits per heavy atom. The molecule has 2 atom stereocenters. The zero-order valence-electron chi connectivity index (χ0n) is 14.0. The first kappa shape index (κ1) is 17.0. The molecule has 0 amide bonds. The van der Waals surface area contributed by atoms with Crippen LogP contribution in [0.2, 0.25) is 0 Å². The summed E-state index contributed by atoms with van der Waals surface area (Å²) in [5.41, 5.74) is 2.62. The Hall–Kier alpha value is -0.350. The van der Waals surface area contributed by atoms with Gasteiger partial charge in [0.1, 0.15) is 0 Å². The van der Waals surface area contributed by atoms with Crippen molar-refractivity contribution in [1.29, 1.82) is 0 Å². The van der Waals surface area contributed by atoms with Crippen molar-refractivity contribution in [3.05, 3.63) is 15.9 Å². The molecule has 1 fully saturated rings. The zero-order chi connectivity index (χ0) is 15.4. The van der Waals surface area contributed by atoms with Crippen molar-refractivity contribution in [2.45, 2.75) is 72.4 Å². The second-order valence-electron chi connectivity index (χ2n) is 6.59. The molecule has 21 heavy (non-hydrogen) atoms. The van der Waals surface area contributed by atoms with Gasteiger partial charge in [-0.25, -0.2) is 0 Å². The second-order valence-corrected chi connectivity index (χ2v) is 7.39. The number of hydrogen-bond donors (Lipinski definition) is 1. The minimum absolute atomic E-state index is 0.589. The molecule has 0 aliphatic heterocycles. The molecule has 0 saturated heterocycles. The first-order valence-corrected chi connectivity index (χ1v) is 9.33. The van der Waals surface area contributed by atoms with Gasteiger partial charge < -0.3 is 5.32 Å². The number of nitrogens with one attached hydrogen (secondary N) is 1. The van der Waals surface area contributed by atoms with Gasteiger partial charge in [-0.05, 0) is 66.9 Å². The number of aryl methyl sites for hydroxylation is 2. The lowest BCUT2D eigenvalue weighted by Gasteiger charge is -2.22. The van der Waals surface area contributed by atoms with Crippen molar-refractivity contribution in [3.8, 4) is 0 Å². The second kappa shape index (κ2) is 7.77. The van der Waals surface area contributed by atoms with Crippen LogP contribution in [0.4, 0.5) is 0 Å². The largest absolute Gasteiger partial charge is 0.314 e. The first-order chi connectivity index (χ1) is 10.1. The van der Waals surface area contributed by atoms with Gasteiger partial charge in [0.05, 0.1) is 15.9 Å². The maximum absolute atomic E-state index is 4.74. The normalized spacial score (nSPS) is 22.4. The molecular formula is C17H30BrN3. The molecule has 0 spiro atoms. The van der Waals surface area contributed by atoms with Gasteiger partial charge >= 0.3 is 0 Å². The van der Waals surface area contributed by atoms with E-state index in [0.29, 0.717) is 6.04 Å². The Labute approximate surface area is 138 Å². The lowest BCUT2D eigenvalue weighted by molar-refractivity contribution is 0.347. The highest BCUT2D eigenvalue weighted by Crippen LogP contribution is 2.36. The molecule has 3 nitrogen and oxygen atoms in total. The van der Waals surface area contributed by atoms with Crippen LogP contribution in [0.5, 0.6) is 0 Å². The van der Waals surface area contributed by atoms with Gasteiger partial charge in [-0.1, -0.05) is 27.2 Å². The molecule has 0 radical (unpaired) electrons. The standard InChI is InChI=1S/C17H30BrN3/c1-5-15-17(18)16(21(6-2)20-15)10-13-8-7-9-14(13)11-19-12(3)4/h12-14,19H,5-11H2,1-4H3. The third kappa shape index (κ3) is 4.10. The molecule has 1 aromatic heterocycles. The maximum Gasteiger partial charge on any atom is 0.0766 e. The molecule has 1 aliphatic rings. The van der Waals surface area contributed by atoms with Crippen LogP contribution in [-0.4, -0.2) is 22.4 Å². The summed E-state index contributed by atoms with van der Waals surface area (Å²) in [6.45, 7) is 11.0. The highest BCUT2D eigenvalue weighted by Gasteiger charge is 2.29. The van der Waals surface area contributed by atoms with Crippen LogP contribution in [0.15, 0.2) is 4.47 Å². The van der Waals surface area contributed by atoms with Crippen LogP contribution in [-0.2, 0) is 19.4 Å². The lowest BCUT2D eigenvalue weighted by Crippen LogP contribution is -2.31. The zero-order valence-corrected chi connectivity index (χ0v) is 15.5. The van der Waals surface area contributed by atoms with E-state index in [0.717, 1.165) is 24.8 Å². The van der Waals surface area contributed by atoms with Gasteiger partial charge in [0, 0.05) is 12.6 Å². The Kier molecular flexibility index (Phi) is 6.30. The van der Waals surface area contributed by atoms with Crippen LogP contribution in [0.1, 0.15) is 58.3 Å². The van der Waals surface area contributed by atoms with Crippen molar-refractivity contribution in [2.24, 2.45) is 11.8 Å². The van der Waals surface area contributed by atoms with Gasteiger partial charge in [0.2, 0.25) is 0 Å². The molecule has 120 valence electrons. The summed E-state index contributed by atoms with van der Waals surface area (Å²) in [7, 11) is 0. The van der Waals surface area contributed by atoms with E-state index in [4.69, 9.17) is 5.10 Å². The number of nitrogens with zero attached hydrogens (tertiary/aromatic N) is 2. The predicted molar refractivity (Wildman–Crippen MR) is 92.7 cm³/mol. The van der Waals surface area contributed by atoms with Crippen molar-refractivity contribution < 1.29 is 0 Å². The Balaban J connectivity index is 2.08. The molecule has 4 heteroatoms. The third-order valence-corrected chi connectivity index (χ3v) is 5.67. The highest BCUT2D eigenvalue weighted by atomic mass is 79.9. The van der Waals surface area contributed by atoms with E-state index in [1.54, 1.807) is 0 Å². The summed E-state index contributed by atoms with van der Waals surface area (Å²) >= 11 is 3.79. The van der Waals surface area contributed by atoms with Crippen molar-refractivity contribution in [3.63, 3.8) is 0 Å². The average Bonchev–Trinajstić information content (AvgIpc) is 3.02. The number of rotatable bonds is 7. The topological polar surface area (TPSA) is 29.9 Å². The van der Waals surface area contributed by atoms with Crippen molar-refractivity contribution in [2.75, 3.05) is 6.54 Å². The minimum atomic E-state index is 0.589. The van der Waals surface area contributed by atoms with Crippen LogP contribution in [0.3, 0.4) is 0 Å². The fourth-order valence-electron chi connectivity index (χ4n) is 3.50. The summed E-state index contributed by atoms with van der Waals surface area (Å²) in [4.78, 5) is 0. The highest BCUT2D eigenvalue weighted by molar-refractivity contribution is 9.10. The molecular weight excluding hydrogens is 326 g/mol. The molecule has 1 aromatic rings.